The van der Waals surface area contributed by atoms with Crippen molar-refractivity contribution < 1.29 is 27.1 Å². The molecule has 1 aliphatic heterocycles. The van der Waals surface area contributed by atoms with Gasteiger partial charge >= 0.3 is 0 Å². The SMILES string of the molecule is CNC(=O)c1c(-c2ccc(F)cc2)oc2nc3c(cc12)C(C)C(O)CCCCN3S(C)(=O)=O. The fraction of sp³-hybridized carbons (Fsp3) is 0.391. The van der Waals surface area contributed by atoms with E-state index in [1.54, 1.807) is 6.07 Å². The van der Waals surface area contributed by atoms with Gasteiger partial charge in [-0.05, 0) is 49.6 Å². The molecule has 0 saturated heterocycles. The molecule has 1 aromatic carbocycles. The van der Waals surface area contributed by atoms with Gasteiger partial charge in [-0.1, -0.05) is 6.92 Å². The van der Waals surface area contributed by atoms with Crippen LogP contribution in [0.15, 0.2) is 34.7 Å². The van der Waals surface area contributed by atoms with Crippen LogP contribution in [0, 0.1) is 5.82 Å². The number of aliphatic hydroxyl groups excluding tert-OH is 1. The van der Waals surface area contributed by atoms with Gasteiger partial charge in [-0.3, -0.25) is 9.10 Å². The number of benzene rings is 1. The van der Waals surface area contributed by atoms with Crippen molar-refractivity contribution in [3.05, 3.63) is 47.3 Å². The van der Waals surface area contributed by atoms with Gasteiger partial charge in [-0.25, -0.2) is 12.8 Å². The van der Waals surface area contributed by atoms with Crippen LogP contribution in [-0.4, -0.2) is 50.4 Å². The smallest absolute Gasteiger partial charge is 0.255 e. The van der Waals surface area contributed by atoms with Crippen LogP contribution in [0.2, 0.25) is 0 Å². The molecule has 2 N–H and O–H groups in total. The number of carbonyl (C=O) groups is 1. The quantitative estimate of drug-likeness (QED) is 0.600. The van der Waals surface area contributed by atoms with Gasteiger partial charge < -0.3 is 14.8 Å². The molecule has 0 aliphatic carbocycles. The van der Waals surface area contributed by atoms with Gasteiger partial charge in [0.1, 0.15) is 17.4 Å². The minimum atomic E-state index is -3.66. The highest BCUT2D eigenvalue weighted by Gasteiger charge is 2.32. The molecule has 33 heavy (non-hydrogen) atoms. The number of anilines is 1. The van der Waals surface area contributed by atoms with Gasteiger partial charge in [0.2, 0.25) is 15.7 Å². The maximum atomic E-state index is 13.5. The molecule has 0 fully saturated rings. The lowest BCUT2D eigenvalue weighted by Gasteiger charge is -2.25. The van der Waals surface area contributed by atoms with E-state index in [9.17, 15) is 22.7 Å². The van der Waals surface area contributed by atoms with Gasteiger partial charge in [-0.15, -0.1) is 0 Å². The van der Waals surface area contributed by atoms with Crippen LogP contribution in [0.25, 0.3) is 22.4 Å². The zero-order valence-electron chi connectivity index (χ0n) is 18.6. The number of amides is 1. The number of fused-ring (bicyclic) bond motifs is 2. The van der Waals surface area contributed by atoms with Gasteiger partial charge in [-0.2, -0.15) is 4.98 Å². The topological polar surface area (TPSA) is 113 Å². The predicted molar refractivity (Wildman–Crippen MR) is 123 cm³/mol. The van der Waals surface area contributed by atoms with E-state index in [0.717, 1.165) is 6.26 Å². The van der Waals surface area contributed by atoms with Crippen molar-refractivity contribution in [3.8, 4) is 11.3 Å². The lowest BCUT2D eigenvalue weighted by molar-refractivity contribution is 0.0964. The lowest BCUT2D eigenvalue weighted by Crippen LogP contribution is -2.32. The number of aromatic nitrogens is 1. The first kappa shape index (κ1) is 23.2. The molecule has 8 nitrogen and oxygen atoms in total. The van der Waals surface area contributed by atoms with Crippen LogP contribution in [-0.2, 0) is 10.0 Å². The van der Waals surface area contributed by atoms with Crippen molar-refractivity contribution in [2.45, 2.75) is 38.2 Å². The summed E-state index contributed by atoms with van der Waals surface area (Å²) in [6.45, 7) is 2.03. The summed E-state index contributed by atoms with van der Waals surface area (Å²) in [6.07, 6.45) is 2.17. The zero-order valence-corrected chi connectivity index (χ0v) is 19.4. The van der Waals surface area contributed by atoms with Crippen LogP contribution in [0.3, 0.4) is 0 Å². The number of nitrogens with one attached hydrogen (secondary N) is 1. The molecule has 2 atom stereocenters. The van der Waals surface area contributed by atoms with Gasteiger partial charge in [0.25, 0.3) is 5.91 Å². The highest BCUT2D eigenvalue weighted by Crippen LogP contribution is 2.40. The molecule has 10 heteroatoms. The number of aliphatic hydroxyl groups is 1. The van der Waals surface area contributed by atoms with Gasteiger partial charge in [0.15, 0.2) is 0 Å². The molecule has 4 rings (SSSR count). The molecule has 0 radical (unpaired) electrons. The fourth-order valence-electron chi connectivity index (χ4n) is 4.21. The van der Waals surface area contributed by atoms with E-state index >= 15 is 0 Å². The molecular weight excluding hydrogens is 449 g/mol. The van der Waals surface area contributed by atoms with Crippen LogP contribution in [0.4, 0.5) is 10.2 Å². The first-order valence-electron chi connectivity index (χ1n) is 10.7. The molecular formula is C23H26FN3O5S. The average Bonchev–Trinajstić information content (AvgIpc) is 3.16. The van der Waals surface area contributed by atoms with E-state index < -0.39 is 33.8 Å². The van der Waals surface area contributed by atoms with E-state index in [0.29, 0.717) is 35.8 Å². The summed E-state index contributed by atoms with van der Waals surface area (Å²) < 4.78 is 45.9. The van der Waals surface area contributed by atoms with Crippen molar-refractivity contribution >= 4 is 32.8 Å². The maximum absolute atomic E-state index is 13.5. The van der Waals surface area contributed by atoms with E-state index in [2.05, 4.69) is 10.3 Å². The Labute approximate surface area is 191 Å². The first-order valence-corrected chi connectivity index (χ1v) is 12.6. The minimum Gasteiger partial charge on any atom is -0.437 e. The Balaban J connectivity index is 2.04. The molecule has 0 spiro atoms. The maximum Gasteiger partial charge on any atom is 0.255 e. The fourth-order valence-corrected chi connectivity index (χ4v) is 5.14. The number of furan rings is 1. The Morgan fingerprint density at radius 3 is 2.61 bits per heavy atom. The second-order valence-corrected chi connectivity index (χ2v) is 10.2. The normalized spacial score (nSPS) is 19.5. The highest BCUT2D eigenvalue weighted by molar-refractivity contribution is 7.92. The second-order valence-electron chi connectivity index (χ2n) is 8.33. The molecule has 2 unspecified atom stereocenters. The van der Waals surface area contributed by atoms with Gasteiger partial charge in [0.05, 0.1) is 23.3 Å². The summed E-state index contributed by atoms with van der Waals surface area (Å²) in [5.74, 6) is -0.903. The number of halogens is 1. The first-order chi connectivity index (χ1) is 15.6. The number of hydrogen-bond acceptors (Lipinski definition) is 6. The monoisotopic (exact) mass is 475 g/mol. The summed E-state index contributed by atoms with van der Waals surface area (Å²) in [6, 6.07) is 7.19. The number of hydrogen-bond donors (Lipinski definition) is 2. The van der Waals surface area contributed by atoms with Crippen LogP contribution >= 0.6 is 0 Å². The minimum absolute atomic E-state index is 0.0845. The number of rotatable bonds is 3. The van der Waals surface area contributed by atoms with Crippen molar-refractivity contribution in [2.75, 3.05) is 24.2 Å². The largest absolute Gasteiger partial charge is 0.437 e. The molecule has 0 saturated carbocycles. The molecule has 3 aromatic rings. The molecule has 1 aliphatic rings. The third-order valence-corrected chi connectivity index (χ3v) is 7.22. The van der Waals surface area contributed by atoms with E-state index in [1.165, 1.54) is 35.6 Å². The van der Waals surface area contributed by atoms with Crippen LogP contribution in [0.1, 0.15) is 48.0 Å². The third-order valence-electron chi connectivity index (χ3n) is 6.07. The molecule has 1 amide bonds. The summed E-state index contributed by atoms with van der Waals surface area (Å²) in [4.78, 5) is 17.4. The summed E-state index contributed by atoms with van der Waals surface area (Å²) in [5, 5.41) is 13.7. The Kier molecular flexibility index (Phi) is 6.15. The standard InChI is InChI=1S/C23H26FN3O5S/c1-13-16-12-17-19(22(29)25-2)20(14-7-9-15(24)10-8-14)32-23(17)26-21(16)27(33(3,30)31)11-5-4-6-18(13)28/h7-10,12-13,18,28H,4-6,11H2,1-3H3,(H,25,29). The van der Waals surface area contributed by atoms with Crippen molar-refractivity contribution in [1.82, 2.24) is 10.3 Å². The van der Waals surface area contributed by atoms with E-state index in [1.807, 2.05) is 6.92 Å². The second kappa shape index (κ2) is 8.75. The molecule has 3 heterocycles. The van der Waals surface area contributed by atoms with Crippen molar-refractivity contribution in [3.63, 3.8) is 0 Å². The lowest BCUT2D eigenvalue weighted by atomic mass is 9.92. The summed E-state index contributed by atoms with van der Waals surface area (Å²) in [5.41, 5.74) is 1.28. The average molecular weight is 476 g/mol. The number of pyridine rings is 1. The van der Waals surface area contributed by atoms with Gasteiger partial charge in [0, 0.05) is 30.6 Å². The Morgan fingerprint density at radius 2 is 1.97 bits per heavy atom. The van der Waals surface area contributed by atoms with Crippen molar-refractivity contribution in [1.29, 1.82) is 0 Å². The number of nitrogens with zero attached hydrogens (tertiary/aromatic N) is 2. The summed E-state index contributed by atoms with van der Waals surface area (Å²) in [7, 11) is -2.17. The Hall–Kier alpha value is -2.98. The number of sulfonamides is 1. The Bertz CT molecular complexity index is 1300. The third kappa shape index (κ3) is 4.32. The Morgan fingerprint density at radius 1 is 1.27 bits per heavy atom. The molecule has 2 aromatic heterocycles. The van der Waals surface area contributed by atoms with E-state index in [4.69, 9.17) is 4.42 Å². The zero-order chi connectivity index (χ0) is 23.9. The predicted octanol–water partition coefficient (Wildman–Crippen LogP) is 3.41. The van der Waals surface area contributed by atoms with Crippen LogP contribution < -0.4 is 9.62 Å². The van der Waals surface area contributed by atoms with E-state index in [-0.39, 0.29) is 29.4 Å². The van der Waals surface area contributed by atoms with Crippen molar-refractivity contribution in [2.24, 2.45) is 0 Å². The highest BCUT2D eigenvalue weighted by atomic mass is 32.2. The molecule has 176 valence electrons. The molecule has 0 bridgehead atoms. The summed E-state index contributed by atoms with van der Waals surface area (Å²) >= 11 is 0. The number of carbonyl (C=O) groups excluding carboxylic acids is 1. The van der Waals surface area contributed by atoms with Crippen LogP contribution in [0.5, 0.6) is 0 Å².